The average molecular weight is 397 g/mol. The molecule has 0 saturated carbocycles. The van der Waals surface area contributed by atoms with E-state index in [1.54, 1.807) is 19.2 Å². The molecule has 1 saturated heterocycles. The third-order valence-corrected chi connectivity index (χ3v) is 4.97. The van der Waals surface area contributed by atoms with Gasteiger partial charge in [0, 0.05) is 39.8 Å². The predicted octanol–water partition coefficient (Wildman–Crippen LogP) is 1.88. The molecule has 0 unspecified atom stereocenters. The number of halogens is 1. The molecule has 6 nitrogen and oxygen atoms in total. The Kier molecular flexibility index (Phi) is 7.44. The van der Waals surface area contributed by atoms with Crippen molar-refractivity contribution in [1.29, 1.82) is 0 Å². The zero-order chi connectivity index (χ0) is 20.5. The second kappa shape index (κ2) is 10.5. The van der Waals surface area contributed by atoms with Gasteiger partial charge in [-0.1, -0.05) is 42.5 Å². The van der Waals surface area contributed by atoms with Crippen LogP contribution in [0.3, 0.4) is 0 Å². The van der Waals surface area contributed by atoms with Crippen molar-refractivity contribution in [3.05, 3.63) is 66.0 Å². The van der Waals surface area contributed by atoms with Gasteiger partial charge in [0.15, 0.2) is 5.96 Å². The van der Waals surface area contributed by atoms with Crippen LogP contribution in [-0.2, 0) is 11.2 Å². The number of piperazine rings is 1. The topological polar surface area (TPSA) is 60.0 Å². The first-order valence-electron chi connectivity index (χ1n) is 9.93. The standard InChI is InChI=1S/C22H28FN5O/c1-24-22(26-17-21(29)25-12-11-18-7-3-2-4-8-18)28-15-13-27(14-16-28)20-10-6-5-9-19(20)23/h2-10H,11-17H2,1H3,(H,24,26)(H,25,29). The van der Waals surface area contributed by atoms with Crippen molar-refractivity contribution in [2.24, 2.45) is 4.99 Å². The molecule has 0 radical (unpaired) electrons. The van der Waals surface area contributed by atoms with Gasteiger partial charge in [0.05, 0.1) is 12.2 Å². The molecule has 0 aromatic heterocycles. The highest BCUT2D eigenvalue weighted by Crippen LogP contribution is 2.20. The van der Waals surface area contributed by atoms with Crippen LogP contribution in [0, 0.1) is 5.82 Å². The smallest absolute Gasteiger partial charge is 0.239 e. The number of carbonyl (C=O) groups is 1. The highest BCUT2D eigenvalue weighted by Gasteiger charge is 2.21. The molecular weight excluding hydrogens is 369 g/mol. The molecule has 2 aromatic carbocycles. The van der Waals surface area contributed by atoms with Gasteiger partial charge in [-0.05, 0) is 24.1 Å². The molecule has 2 aromatic rings. The van der Waals surface area contributed by atoms with Gasteiger partial charge in [0.2, 0.25) is 5.91 Å². The second-order valence-corrected chi connectivity index (χ2v) is 6.91. The molecule has 1 aliphatic heterocycles. The van der Waals surface area contributed by atoms with Gasteiger partial charge in [-0.15, -0.1) is 0 Å². The maximum Gasteiger partial charge on any atom is 0.239 e. The number of hydrogen-bond acceptors (Lipinski definition) is 3. The largest absolute Gasteiger partial charge is 0.366 e. The molecule has 29 heavy (non-hydrogen) atoms. The van der Waals surface area contributed by atoms with E-state index < -0.39 is 0 Å². The first-order valence-corrected chi connectivity index (χ1v) is 9.93. The van der Waals surface area contributed by atoms with E-state index in [0.29, 0.717) is 44.4 Å². The summed E-state index contributed by atoms with van der Waals surface area (Å²) >= 11 is 0. The number of amides is 1. The third kappa shape index (κ3) is 5.94. The van der Waals surface area contributed by atoms with E-state index in [1.807, 2.05) is 41.3 Å². The summed E-state index contributed by atoms with van der Waals surface area (Å²) in [5.74, 6) is 0.430. The van der Waals surface area contributed by atoms with Gasteiger partial charge < -0.3 is 20.4 Å². The fraction of sp³-hybridized carbons (Fsp3) is 0.364. The third-order valence-electron chi connectivity index (χ3n) is 4.97. The molecule has 0 bridgehead atoms. The Labute approximate surface area is 171 Å². The van der Waals surface area contributed by atoms with Crippen molar-refractivity contribution >= 4 is 17.6 Å². The predicted molar refractivity (Wildman–Crippen MR) is 115 cm³/mol. The zero-order valence-corrected chi connectivity index (χ0v) is 16.8. The Morgan fingerprint density at radius 2 is 1.69 bits per heavy atom. The molecular formula is C22H28FN5O. The fourth-order valence-electron chi connectivity index (χ4n) is 3.41. The van der Waals surface area contributed by atoms with Crippen molar-refractivity contribution in [3.63, 3.8) is 0 Å². The molecule has 7 heteroatoms. The summed E-state index contributed by atoms with van der Waals surface area (Å²) in [6, 6.07) is 16.9. The quantitative estimate of drug-likeness (QED) is 0.577. The van der Waals surface area contributed by atoms with Crippen molar-refractivity contribution in [1.82, 2.24) is 15.5 Å². The van der Waals surface area contributed by atoms with Crippen molar-refractivity contribution < 1.29 is 9.18 Å². The first kappa shape index (κ1) is 20.6. The van der Waals surface area contributed by atoms with Crippen molar-refractivity contribution in [2.75, 3.05) is 51.2 Å². The maximum atomic E-state index is 14.0. The molecule has 0 atom stereocenters. The lowest BCUT2D eigenvalue weighted by Crippen LogP contribution is -2.54. The number of rotatable bonds is 6. The number of carbonyl (C=O) groups excluding carboxylic acids is 1. The van der Waals surface area contributed by atoms with Gasteiger partial charge in [-0.2, -0.15) is 0 Å². The summed E-state index contributed by atoms with van der Waals surface area (Å²) in [4.78, 5) is 20.5. The summed E-state index contributed by atoms with van der Waals surface area (Å²) in [5.41, 5.74) is 1.83. The van der Waals surface area contributed by atoms with Gasteiger partial charge in [-0.25, -0.2) is 4.39 Å². The summed E-state index contributed by atoms with van der Waals surface area (Å²) in [6.45, 7) is 3.60. The Balaban J connectivity index is 1.40. The molecule has 1 fully saturated rings. The van der Waals surface area contributed by atoms with Crippen LogP contribution < -0.4 is 15.5 Å². The number of benzene rings is 2. The molecule has 1 heterocycles. The minimum Gasteiger partial charge on any atom is -0.366 e. The minimum absolute atomic E-state index is 0.0629. The summed E-state index contributed by atoms with van der Waals surface area (Å²) in [7, 11) is 1.71. The van der Waals surface area contributed by atoms with Gasteiger partial charge in [0.1, 0.15) is 5.82 Å². The Bertz CT molecular complexity index is 819. The van der Waals surface area contributed by atoms with Crippen LogP contribution in [0.5, 0.6) is 0 Å². The molecule has 1 amide bonds. The molecule has 0 spiro atoms. The van der Waals surface area contributed by atoms with Crippen molar-refractivity contribution in [2.45, 2.75) is 6.42 Å². The maximum absolute atomic E-state index is 14.0. The number of nitrogens with zero attached hydrogens (tertiary/aromatic N) is 3. The molecule has 1 aliphatic rings. The van der Waals surface area contributed by atoms with Crippen LogP contribution in [0.4, 0.5) is 10.1 Å². The lowest BCUT2D eigenvalue weighted by Gasteiger charge is -2.37. The summed E-state index contributed by atoms with van der Waals surface area (Å²) in [5, 5.41) is 6.05. The number of nitrogens with one attached hydrogen (secondary N) is 2. The molecule has 2 N–H and O–H groups in total. The van der Waals surface area contributed by atoms with Gasteiger partial charge in [-0.3, -0.25) is 9.79 Å². The number of anilines is 1. The van der Waals surface area contributed by atoms with Crippen LogP contribution >= 0.6 is 0 Å². The van der Waals surface area contributed by atoms with E-state index >= 15 is 0 Å². The van der Waals surface area contributed by atoms with Crippen molar-refractivity contribution in [3.8, 4) is 0 Å². The first-order chi connectivity index (χ1) is 14.2. The van der Waals surface area contributed by atoms with Gasteiger partial charge in [0.25, 0.3) is 0 Å². The minimum atomic E-state index is -0.198. The number of guanidine groups is 1. The number of hydrogen-bond donors (Lipinski definition) is 2. The van der Waals surface area contributed by atoms with E-state index in [9.17, 15) is 9.18 Å². The van der Waals surface area contributed by atoms with E-state index in [-0.39, 0.29) is 18.3 Å². The lowest BCUT2D eigenvalue weighted by molar-refractivity contribution is -0.120. The SMILES string of the molecule is CN=C(NCC(=O)NCCc1ccccc1)N1CCN(c2ccccc2F)CC1. The van der Waals surface area contributed by atoms with Gasteiger partial charge >= 0.3 is 0 Å². The Morgan fingerprint density at radius 1 is 1.00 bits per heavy atom. The second-order valence-electron chi connectivity index (χ2n) is 6.91. The van der Waals surface area contributed by atoms with E-state index in [0.717, 1.165) is 6.42 Å². The van der Waals surface area contributed by atoms with Crippen LogP contribution in [-0.4, -0.2) is 63.1 Å². The van der Waals surface area contributed by atoms with Crippen LogP contribution in [0.2, 0.25) is 0 Å². The Hall–Kier alpha value is -3.09. The van der Waals surface area contributed by atoms with Crippen LogP contribution in [0.25, 0.3) is 0 Å². The van der Waals surface area contributed by atoms with E-state index in [1.165, 1.54) is 11.6 Å². The molecule has 154 valence electrons. The summed E-state index contributed by atoms with van der Waals surface area (Å²) < 4.78 is 14.0. The number of aliphatic imine (C=N–C) groups is 1. The van der Waals surface area contributed by atoms with Crippen LogP contribution in [0.15, 0.2) is 59.6 Å². The highest BCUT2D eigenvalue weighted by atomic mass is 19.1. The molecule has 0 aliphatic carbocycles. The highest BCUT2D eigenvalue weighted by molar-refractivity contribution is 5.86. The molecule has 3 rings (SSSR count). The van der Waals surface area contributed by atoms with Crippen LogP contribution in [0.1, 0.15) is 5.56 Å². The lowest BCUT2D eigenvalue weighted by atomic mass is 10.1. The van der Waals surface area contributed by atoms with E-state index in [4.69, 9.17) is 0 Å². The fourth-order valence-corrected chi connectivity index (χ4v) is 3.41. The monoisotopic (exact) mass is 397 g/mol. The summed E-state index contributed by atoms with van der Waals surface area (Å²) in [6.07, 6.45) is 0.805. The zero-order valence-electron chi connectivity index (χ0n) is 16.8. The van der Waals surface area contributed by atoms with E-state index in [2.05, 4.69) is 20.5 Å². The Morgan fingerprint density at radius 3 is 2.38 bits per heavy atom. The average Bonchev–Trinajstić information content (AvgIpc) is 2.76. The normalized spacial score (nSPS) is 14.6. The number of para-hydroxylation sites is 1.